The largest absolute Gasteiger partial charge is 0.493 e. The summed E-state index contributed by atoms with van der Waals surface area (Å²) < 4.78 is 39.5. The molecular weight excluding hydrogens is 404 g/mol. The summed E-state index contributed by atoms with van der Waals surface area (Å²) in [6.07, 6.45) is 0.526. The van der Waals surface area contributed by atoms with E-state index in [2.05, 4.69) is 14.9 Å². The second kappa shape index (κ2) is 9.46. The molecule has 3 rings (SSSR count). The maximum absolute atomic E-state index is 12.4. The fourth-order valence-corrected chi connectivity index (χ4v) is 3.28. The highest BCUT2D eigenvalue weighted by Crippen LogP contribution is 2.30. The highest BCUT2D eigenvalue weighted by Gasteiger charge is 2.16. The molecule has 0 saturated carbocycles. The Morgan fingerprint density at radius 2 is 2.14 bits per heavy atom. The van der Waals surface area contributed by atoms with Gasteiger partial charge < -0.3 is 18.9 Å². The number of thiophene rings is 1. The topological polar surface area (TPSA) is 77.7 Å². The number of hydrogen-bond donors (Lipinski definition) is 0. The van der Waals surface area contributed by atoms with Crippen molar-refractivity contribution >= 4 is 17.2 Å². The van der Waals surface area contributed by atoms with Gasteiger partial charge in [-0.2, -0.15) is 13.8 Å². The lowest BCUT2D eigenvalue weighted by atomic mass is 10.2. The van der Waals surface area contributed by atoms with Gasteiger partial charge in [-0.1, -0.05) is 17.3 Å². The Labute approximate surface area is 169 Å². The Morgan fingerprint density at radius 3 is 2.83 bits per heavy atom. The number of carbonyl (C=O) groups is 1. The maximum Gasteiger partial charge on any atom is 0.387 e. The first kappa shape index (κ1) is 20.7. The fraction of sp³-hybridized carbons (Fsp3) is 0.316. The number of ether oxygens (including phenoxy) is 2. The number of aromatic nitrogens is 2. The molecule has 0 aliphatic heterocycles. The summed E-state index contributed by atoms with van der Waals surface area (Å²) >= 11 is 1.51. The molecule has 2 heterocycles. The molecule has 0 unspecified atom stereocenters. The first-order valence-electron chi connectivity index (χ1n) is 8.68. The lowest BCUT2D eigenvalue weighted by molar-refractivity contribution is -0.130. The molecule has 2 aromatic heterocycles. The normalized spacial score (nSPS) is 10.9. The van der Waals surface area contributed by atoms with Crippen LogP contribution in [0.3, 0.4) is 0 Å². The van der Waals surface area contributed by atoms with Crippen molar-refractivity contribution in [2.24, 2.45) is 0 Å². The number of benzene rings is 1. The molecule has 0 aliphatic carbocycles. The second-order valence-electron chi connectivity index (χ2n) is 6.10. The summed E-state index contributed by atoms with van der Waals surface area (Å²) in [7, 11) is 3.02. The molecule has 3 aromatic rings. The zero-order valence-electron chi connectivity index (χ0n) is 15.8. The van der Waals surface area contributed by atoms with E-state index in [1.165, 1.54) is 29.4 Å². The van der Waals surface area contributed by atoms with Gasteiger partial charge in [-0.15, -0.1) is 11.3 Å². The lowest BCUT2D eigenvalue weighted by Gasteiger charge is -2.18. The predicted molar refractivity (Wildman–Crippen MR) is 102 cm³/mol. The number of nitrogens with zero attached hydrogens (tertiary/aromatic N) is 3. The molecule has 0 aliphatic rings. The van der Waals surface area contributed by atoms with Crippen LogP contribution >= 0.6 is 11.3 Å². The van der Waals surface area contributed by atoms with Crippen LogP contribution in [-0.2, 0) is 17.8 Å². The predicted octanol–water partition coefficient (Wildman–Crippen LogP) is 4.00. The minimum atomic E-state index is -2.94. The van der Waals surface area contributed by atoms with Crippen LogP contribution in [0.5, 0.6) is 11.5 Å². The van der Waals surface area contributed by atoms with E-state index in [0.717, 1.165) is 10.4 Å². The van der Waals surface area contributed by atoms with Gasteiger partial charge in [-0.05, 0) is 29.1 Å². The summed E-state index contributed by atoms with van der Waals surface area (Å²) in [5, 5.41) is 5.84. The number of alkyl halides is 2. The molecule has 154 valence electrons. The summed E-state index contributed by atoms with van der Waals surface area (Å²) in [6.45, 7) is -2.65. The van der Waals surface area contributed by atoms with Crippen molar-refractivity contribution in [2.75, 3.05) is 14.2 Å². The SMILES string of the molecule is COc1cc(CN(C)C(=O)CCc2nc(-c3cccs3)no2)ccc1OC(F)F. The highest BCUT2D eigenvalue weighted by atomic mass is 32.1. The third-order valence-electron chi connectivity index (χ3n) is 4.05. The molecule has 0 N–H and O–H groups in total. The number of halogens is 2. The molecule has 1 amide bonds. The van der Waals surface area contributed by atoms with Gasteiger partial charge >= 0.3 is 6.61 Å². The van der Waals surface area contributed by atoms with Gasteiger partial charge in [0.25, 0.3) is 0 Å². The first-order valence-corrected chi connectivity index (χ1v) is 9.56. The Balaban J connectivity index is 1.55. The maximum atomic E-state index is 12.4. The molecule has 29 heavy (non-hydrogen) atoms. The molecule has 1 aromatic carbocycles. The van der Waals surface area contributed by atoms with Gasteiger partial charge in [-0.25, -0.2) is 0 Å². The number of rotatable bonds is 9. The molecule has 7 nitrogen and oxygen atoms in total. The second-order valence-corrected chi connectivity index (χ2v) is 7.05. The van der Waals surface area contributed by atoms with E-state index in [-0.39, 0.29) is 30.4 Å². The van der Waals surface area contributed by atoms with Crippen molar-refractivity contribution in [3.63, 3.8) is 0 Å². The van der Waals surface area contributed by atoms with Gasteiger partial charge in [-0.3, -0.25) is 4.79 Å². The van der Waals surface area contributed by atoms with Crippen molar-refractivity contribution in [3.05, 3.63) is 47.2 Å². The van der Waals surface area contributed by atoms with Crippen molar-refractivity contribution in [2.45, 2.75) is 26.0 Å². The van der Waals surface area contributed by atoms with Gasteiger partial charge in [0.15, 0.2) is 11.5 Å². The third kappa shape index (κ3) is 5.50. The number of amides is 1. The van der Waals surface area contributed by atoms with E-state index in [0.29, 0.717) is 18.1 Å². The van der Waals surface area contributed by atoms with E-state index in [1.54, 1.807) is 19.2 Å². The summed E-state index contributed by atoms with van der Waals surface area (Å²) in [4.78, 5) is 19.1. The van der Waals surface area contributed by atoms with Crippen LogP contribution in [0.2, 0.25) is 0 Å². The summed E-state index contributed by atoms with van der Waals surface area (Å²) in [6, 6.07) is 8.35. The smallest absolute Gasteiger partial charge is 0.387 e. The third-order valence-corrected chi connectivity index (χ3v) is 4.92. The molecule has 0 radical (unpaired) electrons. The van der Waals surface area contributed by atoms with Gasteiger partial charge in [0.05, 0.1) is 12.0 Å². The molecular formula is C19H19F2N3O4S. The summed E-state index contributed by atoms with van der Waals surface area (Å²) in [5.74, 6) is 0.904. The zero-order valence-corrected chi connectivity index (χ0v) is 16.6. The van der Waals surface area contributed by atoms with E-state index in [1.807, 2.05) is 17.5 Å². The Bertz CT molecular complexity index is 947. The molecule has 0 saturated heterocycles. The standard InChI is InChI=1S/C19H19F2N3O4S/c1-24(11-12-5-6-13(27-19(20)21)14(10-12)26-2)17(25)8-7-16-22-18(23-28-16)15-4-3-9-29-15/h3-6,9-10,19H,7-8,11H2,1-2H3. The van der Waals surface area contributed by atoms with Crippen LogP contribution in [-0.4, -0.2) is 41.7 Å². The summed E-state index contributed by atoms with van der Waals surface area (Å²) in [5.41, 5.74) is 0.720. The number of carbonyl (C=O) groups excluding carboxylic acids is 1. The lowest BCUT2D eigenvalue weighted by Crippen LogP contribution is -2.26. The van der Waals surface area contributed by atoms with Crippen LogP contribution in [0.4, 0.5) is 8.78 Å². The average Bonchev–Trinajstić information content (AvgIpc) is 3.38. The first-order chi connectivity index (χ1) is 14.0. The Kier molecular flexibility index (Phi) is 6.76. The quantitative estimate of drug-likeness (QED) is 0.518. The van der Waals surface area contributed by atoms with Crippen molar-refractivity contribution in [1.82, 2.24) is 15.0 Å². The van der Waals surface area contributed by atoms with Crippen LogP contribution < -0.4 is 9.47 Å². The number of aryl methyl sites for hydroxylation is 1. The van der Waals surface area contributed by atoms with Crippen LogP contribution in [0, 0.1) is 0 Å². The van der Waals surface area contributed by atoms with Crippen LogP contribution in [0.25, 0.3) is 10.7 Å². The molecule has 0 fully saturated rings. The van der Waals surface area contributed by atoms with Crippen molar-refractivity contribution in [3.8, 4) is 22.2 Å². The van der Waals surface area contributed by atoms with Crippen molar-refractivity contribution < 1.29 is 27.6 Å². The molecule has 0 spiro atoms. The molecule has 0 bridgehead atoms. The van der Waals surface area contributed by atoms with Gasteiger partial charge in [0.2, 0.25) is 17.6 Å². The Morgan fingerprint density at radius 1 is 1.31 bits per heavy atom. The van der Waals surface area contributed by atoms with E-state index in [9.17, 15) is 13.6 Å². The zero-order chi connectivity index (χ0) is 20.8. The average molecular weight is 423 g/mol. The highest BCUT2D eigenvalue weighted by molar-refractivity contribution is 7.13. The monoisotopic (exact) mass is 423 g/mol. The van der Waals surface area contributed by atoms with E-state index >= 15 is 0 Å². The minimum Gasteiger partial charge on any atom is -0.493 e. The fourth-order valence-electron chi connectivity index (χ4n) is 2.63. The van der Waals surface area contributed by atoms with E-state index in [4.69, 9.17) is 9.26 Å². The molecule has 10 heteroatoms. The number of methoxy groups -OCH3 is 1. The molecule has 0 atom stereocenters. The number of hydrogen-bond acceptors (Lipinski definition) is 7. The minimum absolute atomic E-state index is 0.0573. The van der Waals surface area contributed by atoms with Crippen molar-refractivity contribution in [1.29, 1.82) is 0 Å². The van der Waals surface area contributed by atoms with Gasteiger partial charge in [0, 0.05) is 26.4 Å². The van der Waals surface area contributed by atoms with Crippen LogP contribution in [0.1, 0.15) is 17.9 Å². The van der Waals surface area contributed by atoms with E-state index < -0.39 is 6.61 Å². The van der Waals surface area contributed by atoms with Crippen LogP contribution in [0.15, 0.2) is 40.2 Å². The van der Waals surface area contributed by atoms with Gasteiger partial charge in [0.1, 0.15) is 0 Å². The Hall–Kier alpha value is -3.01.